The van der Waals surface area contributed by atoms with E-state index in [-0.39, 0.29) is 18.0 Å². The smallest absolute Gasteiger partial charge is 0.241 e. The third-order valence-electron chi connectivity index (χ3n) is 2.77. The number of nitrogens with one attached hydrogen (secondary N) is 2. The summed E-state index contributed by atoms with van der Waals surface area (Å²) in [6.07, 6.45) is 3.18. The largest absolute Gasteiger partial charge is 0.384 e. The summed E-state index contributed by atoms with van der Waals surface area (Å²) in [5, 5.41) is 8.69. The van der Waals surface area contributed by atoms with Crippen molar-refractivity contribution >= 4 is 10.0 Å². The zero-order valence-corrected chi connectivity index (χ0v) is 12.2. The highest BCUT2D eigenvalue weighted by atomic mass is 32.2. The normalized spacial score (nSPS) is 11.0. The van der Waals surface area contributed by atoms with Crippen LogP contribution in [-0.4, -0.2) is 30.1 Å². The highest BCUT2D eigenvalue weighted by Gasteiger charge is 2.17. The van der Waals surface area contributed by atoms with Gasteiger partial charge in [0.25, 0.3) is 0 Å². The Morgan fingerprint density at radius 1 is 1.43 bits per heavy atom. The molecule has 0 aliphatic carbocycles. The number of rotatable bonds is 4. The molecule has 0 aliphatic heterocycles. The van der Waals surface area contributed by atoms with Gasteiger partial charge in [0.05, 0.1) is 11.4 Å². The summed E-state index contributed by atoms with van der Waals surface area (Å²) in [7, 11) is -3.65. The van der Waals surface area contributed by atoms with Gasteiger partial charge in [-0.2, -0.15) is 0 Å². The van der Waals surface area contributed by atoms with E-state index < -0.39 is 10.0 Å². The fraction of sp³-hybridized carbons (Fsp3) is 0.214. The monoisotopic (exact) mass is 305 g/mol. The number of hydrogen-bond acceptors (Lipinski definition) is 4. The van der Waals surface area contributed by atoms with Crippen molar-refractivity contribution in [2.24, 2.45) is 0 Å². The number of aryl methyl sites for hydroxylation is 1. The predicted molar refractivity (Wildman–Crippen MR) is 77.8 cm³/mol. The van der Waals surface area contributed by atoms with Crippen molar-refractivity contribution < 1.29 is 13.5 Å². The van der Waals surface area contributed by atoms with Gasteiger partial charge in [-0.1, -0.05) is 17.9 Å². The lowest BCUT2D eigenvalue weighted by molar-refractivity contribution is 0.350. The molecular formula is C14H15N3O3S. The Kier molecular flexibility index (Phi) is 4.75. The van der Waals surface area contributed by atoms with E-state index in [0.29, 0.717) is 17.0 Å². The SMILES string of the molecule is Cc1ccc(C#CCO)cc1S(=O)(=O)NCc1ncc[nH]1. The second-order valence-corrected chi connectivity index (χ2v) is 6.04. The summed E-state index contributed by atoms with van der Waals surface area (Å²) in [5.41, 5.74) is 1.16. The number of hydrogen-bond donors (Lipinski definition) is 3. The van der Waals surface area contributed by atoms with Crippen LogP contribution in [0.3, 0.4) is 0 Å². The van der Waals surface area contributed by atoms with Gasteiger partial charge in [0.1, 0.15) is 12.4 Å². The number of H-pyrrole nitrogens is 1. The zero-order chi connectivity index (χ0) is 15.3. The minimum atomic E-state index is -3.65. The minimum Gasteiger partial charge on any atom is -0.384 e. The Bertz CT molecular complexity index is 772. The van der Waals surface area contributed by atoms with Crippen LogP contribution in [0.5, 0.6) is 0 Å². The summed E-state index contributed by atoms with van der Waals surface area (Å²) in [6.45, 7) is 1.53. The lowest BCUT2D eigenvalue weighted by Crippen LogP contribution is -2.24. The number of aromatic amines is 1. The number of benzene rings is 1. The predicted octanol–water partition coefficient (Wildman–Crippen LogP) is 0.540. The molecule has 2 rings (SSSR count). The zero-order valence-electron chi connectivity index (χ0n) is 11.4. The van der Waals surface area contributed by atoms with Gasteiger partial charge in [-0.25, -0.2) is 18.1 Å². The molecule has 0 bridgehead atoms. The average Bonchev–Trinajstić information content (AvgIpc) is 2.97. The molecule has 0 spiro atoms. The highest BCUT2D eigenvalue weighted by molar-refractivity contribution is 7.89. The van der Waals surface area contributed by atoms with E-state index in [1.54, 1.807) is 31.5 Å². The van der Waals surface area contributed by atoms with E-state index in [9.17, 15) is 8.42 Å². The number of imidazole rings is 1. The van der Waals surface area contributed by atoms with Crippen LogP contribution in [0.4, 0.5) is 0 Å². The Morgan fingerprint density at radius 2 is 2.24 bits per heavy atom. The first kappa shape index (κ1) is 15.3. The van der Waals surface area contributed by atoms with Crippen LogP contribution >= 0.6 is 0 Å². The lowest BCUT2D eigenvalue weighted by Gasteiger charge is -2.09. The van der Waals surface area contributed by atoms with Crippen LogP contribution in [-0.2, 0) is 16.6 Å². The summed E-state index contributed by atoms with van der Waals surface area (Å²) < 4.78 is 27.1. The number of aliphatic hydroxyl groups is 1. The molecule has 0 saturated heterocycles. The van der Waals surface area contributed by atoms with Crippen molar-refractivity contribution in [1.29, 1.82) is 0 Å². The molecule has 1 heterocycles. The Morgan fingerprint density at radius 3 is 2.90 bits per heavy atom. The second-order valence-electron chi connectivity index (χ2n) is 4.30. The van der Waals surface area contributed by atoms with Gasteiger partial charge in [0, 0.05) is 18.0 Å². The third-order valence-corrected chi connectivity index (χ3v) is 4.32. The van der Waals surface area contributed by atoms with Crippen LogP contribution in [0, 0.1) is 18.8 Å². The van der Waals surface area contributed by atoms with E-state index in [1.165, 1.54) is 6.07 Å². The molecular weight excluding hydrogens is 290 g/mol. The minimum absolute atomic E-state index is 0.0846. The maximum absolute atomic E-state index is 12.3. The topological polar surface area (TPSA) is 95.1 Å². The van der Waals surface area contributed by atoms with Gasteiger partial charge < -0.3 is 10.1 Å². The summed E-state index contributed by atoms with van der Waals surface area (Å²) in [6, 6.07) is 4.88. The maximum Gasteiger partial charge on any atom is 0.241 e. The Labute approximate surface area is 123 Å². The number of aromatic nitrogens is 2. The van der Waals surface area contributed by atoms with Crippen molar-refractivity contribution in [2.75, 3.05) is 6.61 Å². The number of aliphatic hydroxyl groups excluding tert-OH is 1. The lowest BCUT2D eigenvalue weighted by atomic mass is 10.1. The third kappa shape index (κ3) is 3.92. The van der Waals surface area contributed by atoms with E-state index in [0.717, 1.165) is 0 Å². The van der Waals surface area contributed by atoms with Crippen LogP contribution in [0.1, 0.15) is 17.0 Å². The molecule has 2 aromatic rings. The first-order valence-electron chi connectivity index (χ1n) is 6.21. The van der Waals surface area contributed by atoms with E-state index in [1.807, 2.05) is 0 Å². The van der Waals surface area contributed by atoms with Crippen molar-refractivity contribution in [3.8, 4) is 11.8 Å². The maximum atomic E-state index is 12.3. The van der Waals surface area contributed by atoms with Crippen LogP contribution in [0.25, 0.3) is 0 Å². The standard InChI is InChI=1S/C14H15N3O3S/c1-11-4-5-12(3-2-8-18)9-13(11)21(19,20)17-10-14-15-6-7-16-14/h4-7,9,17-18H,8,10H2,1H3,(H,15,16). The molecule has 1 aromatic heterocycles. The molecule has 3 N–H and O–H groups in total. The molecule has 1 aromatic carbocycles. The average molecular weight is 305 g/mol. The number of sulfonamides is 1. The highest BCUT2D eigenvalue weighted by Crippen LogP contribution is 2.16. The fourth-order valence-corrected chi connectivity index (χ4v) is 3.00. The van der Waals surface area contributed by atoms with Crippen molar-refractivity contribution in [2.45, 2.75) is 18.4 Å². The van der Waals surface area contributed by atoms with Crippen molar-refractivity contribution in [1.82, 2.24) is 14.7 Å². The van der Waals surface area contributed by atoms with Gasteiger partial charge in [-0.3, -0.25) is 0 Å². The van der Waals surface area contributed by atoms with Crippen LogP contribution < -0.4 is 4.72 Å². The van der Waals surface area contributed by atoms with E-state index >= 15 is 0 Å². The van der Waals surface area contributed by atoms with Gasteiger partial charge in [0.15, 0.2) is 0 Å². The molecule has 6 nitrogen and oxygen atoms in total. The van der Waals surface area contributed by atoms with Gasteiger partial charge in [-0.15, -0.1) is 0 Å². The quantitative estimate of drug-likeness (QED) is 0.719. The molecule has 0 aliphatic rings. The summed E-state index contributed by atoms with van der Waals surface area (Å²) in [4.78, 5) is 6.95. The first-order valence-corrected chi connectivity index (χ1v) is 7.69. The first-order chi connectivity index (χ1) is 10.0. The molecule has 0 fully saturated rings. The van der Waals surface area contributed by atoms with Crippen molar-refractivity contribution in [3.05, 3.63) is 47.5 Å². The van der Waals surface area contributed by atoms with E-state index in [2.05, 4.69) is 26.5 Å². The molecule has 21 heavy (non-hydrogen) atoms. The number of nitrogens with zero attached hydrogens (tertiary/aromatic N) is 1. The van der Waals surface area contributed by atoms with Crippen LogP contribution in [0.15, 0.2) is 35.5 Å². The molecule has 110 valence electrons. The van der Waals surface area contributed by atoms with Crippen molar-refractivity contribution in [3.63, 3.8) is 0 Å². The van der Waals surface area contributed by atoms with Crippen LogP contribution in [0.2, 0.25) is 0 Å². The summed E-state index contributed by atoms with van der Waals surface area (Å²) in [5.74, 6) is 5.72. The second kappa shape index (κ2) is 6.54. The molecule has 0 atom stereocenters. The Balaban J connectivity index is 2.26. The molecule has 0 amide bonds. The van der Waals surface area contributed by atoms with Gasteiger partial charge in [-0.05, 0) is 24.6 Å². The van der Waals surface area contributed by atoms with E-state index in [4.69, 9.17) is 5.11 Å². The summed E-state index contributed by atoms with van der Waals surface area (Å²) >= 11 is 0. The molecule has 7 heteroatoms. The Hall–Kier alpha value is -2.14. The molecule has 0 radical (unpaired) electrons. The molecule has 0 unspecified atom stereocenters. The van der Waals surface area contributed by atoms with Gasteiger partial charge in [0.2, 0.25) is 10.0 Å². The molecule has 0 saturated carbocycles. The fourth-order valence-electron chi connectivity index (χ4n) is 1.74. The van der Waals surface area contributed by atoms with Gasteiger partial charge >= 0.3 is 0 Å².